The zero-order valence-electron chi connectivity index (χ0n) is 11.4. The van der Waals surface area contributed by atoms with Gasteiger partial charge in [-0.15, -0.1) is 12.4 Å². The van der Waals surface area contributed by atoms with Crippen LogP contribution in [-0.2, 0) is 4.79 Å². The van der Waals surface area contributed by atoms with E-state index in [1.807, 2.05) is 58.0 Å². The molecule has 4 heteroatoms. The summed E-state index contributed by atoms with van der Waals surface area (Å²) in [6, 6.07) is 9.36. The molecule has 2 atom stereocenters. The van der Waals surface area contributed by atoms with Gasteiger partial charge in [0.1, 0.15) is 0 Å². The van der Waals surface area contributed by atoms with E-state index in [0.29, 0.717) is 0 Å². The van der Waals surface area contributed by atoms with E-state index in [1.165, 1.54) is 0 Å². The van der Waals surface area contributed by atoms with Gasteiger partial charge in [0.25, 0.3) is 0 Å². The van der Waals surface area contributed by atoms with Crippen molar-refractivity contribution in [2.24, 2.45) is 11.1 Å². The van der Waals surface area contributed by atoms with Crippen LogP contribution in [0.15, 0.2) is 30.3 Å². The van der Waals surface area contributed by atoms with Crippen LogP contribution in [0.1, 0.15) is 39.3 Å². The van der Waals surface area contributed by atoms with Crippen molar-refractivity contribution in [2.75, 3.05) is 0 Å². The van der Waals surface area contributed by atoms with Crippen molar-refractivity contribution < 1.29 is 4.79 Å². The number of amides is 1. The summed E-state index contributed by atoms with van der Waals surface area (Å²) in [6.07, 6.45) is 0. The molecule has 3 nitrogen and oxygen atoms in total. The highest BCUT2D eigenvalue weighted by Gasteiger charge is 2.28. The molecule has 0 saturated carbocycles. The van der Waals surface area contributed by atoms with E-state index in [9.17, 15) is 4.79 Å². The van der Waals surface area contributed by atoms with Gasteiger partial charge in [-0.2, -0.15) is 0 Å². The Balaban J connectivity index is 0.00000289. The van der Waals surface area contributed by atoms with Crippen molar-refractivity contribution in [3.05, 3.63) is 35.9 Å². The van der Waals surface area contributed by atoms with Crippen molar-refractivity contribution >= 4 is 18.3 Å². The molecular weight excluding hydrogens is 248 g/mol. The zero-order chi connectivity index (χ0) is 13.1. The number of carbonyl (C=O) groups excluding carboxylic acids is 1. The zero-order valence-corrected chi connectivity index (χ0v) is 12.3. The van der Waals surface area contributed by atoms with Crippen molar-refractivity contribution in [3.63, 3.8) is 0 Å². The lowest BCUT2D eigenvalue weighted by molar-refractivity contribution is -0.125. The number of rotatable bonds is 3. The van der Waals surface area contributed by atoms with E-state index in [0.717, 1.165) is 5.56 Å². The normalized spacial score (nSPS) is 14.3. The summed E-state index contributed by atoms with van der Waals surface area (Å²) in [4.78, 5) is 11.9. The largest absolute Gasteiger partial charge is 0.348 e. The standard InChI is InChI=1S/C14H22N2O.ClH/c1-10(11-8-6-5-7-9-11)16-13(17)12(15)14(2,3)4;/h5-10,12H,15H2,1-4H3,(H,16,17);1H/t10?,12-;/m1./s1. The number of hydrogen-bond acceptors (Lipinski definition) is 2. The number of nitrogens with one attached hydrogen (secondary N) is 1. The molecule has 1 aromatic carbocycles. The number of halogens is 1. The van der Waals surface area contributed by atoms with Gasteiger partial charge in [0.2, 0.25) is 5.91 Å². The van der Waals surface area contributed by atoms with Gasteiger partial charge in [-0.25, -0.2) is 0 Å². The molecule has 18 heavy (non-hydrogen) atoms. The van der Waals surface area contributed by atoms with Gasteiger partial charge in [-0.3, -0.25) is 4.79 Å². The second-order valence-corrected chi connectivity index (χ2v) is 5.48. The summed E-state index contributed by atoms with van der Waals surface area (Å²) in [7, 11) is 0. The maximum absolute atomic E-state index is 11.9. The Bertz CT molecular complexity index is 373. The average Bonchev–Trinajstić information content (AvgIpc) is 2.27. The van der Waals surface area contributed by atoms with E-state index in [-0.39, 0.29) is 29.8 Å². The second-order valence-electron chi connectivity index (χ2n) is 5.48. The van der Waals surface area contributed by atoms with Crippen LogP contribution in [0.2, 0.25) is 0 Å². The first-order chi connectivity index (χ1) is 7.82. The molecule has 1 rings (SSSR count). The lowest BCUT2D eigenvalue weighted by atomic mass is 9.86. The molecule has 1 unspecified atom stereocenters. The van der Waals surface area contributed by atoms with E-state index >= 15 is 0 Å². The summed E-state index contributed by atoms with van der Waals surface area (Å²) >= 11 is 0. The topological polar surface area (TPSA) is 55.1 Å². The van der Waals surface area contributed by atoms with Crippen LogP contribution in [0.25, 0.3) is 0 Å². The monoisotopic (exact) mass is 270 g/mol. The molecule has 0 heterocycles. The van der Waals surface area contributed by atoms with Gasteiger partial charge in [-0.05, 0) is 17.9 Å². The third-order valence-corrected chi connectivity index (χ3v) is 2.87. The van der Waals surface area contributed by atoms with Crippen LogP contribution in [0.3, 0.4) is 0 Å². The van der Waals surface area contributed by atoms with Crippen molar-refractivity contribution in [2.45, 2.75) is 39.8 Å². The fraction of sp³-hybridized carbons (Fsp3) is 0.500. The molecule has 0 radical (unpaired) electrons. The van der Waals surface area contributed by atoms with Crippen LogP contribution in [0.5, 0.6) is 0 Å². The fourth-order valence-electron chi connectivity index (χ4n) is 1.52. The summed E-state index contributed by atoms with van der Waals surface area (Å²) in [5.74, 6) is -0.103. The number of hydrogen-bond donors (Lipinski definition) is 2. The maximum Gasteiger partial charge on any atom is 0.237 e. The Morgan fingerprint density at radius 3 is 2.17 bits per heavy atom. The Kier molecular flexibility index (Phi) is 6.36. The lowest BCUT2D eigenvalue weighted by Crippen LogP contribution is -2.49. The third-order valence-electron chi connectivity index (χ3n) is 2.87. The molecule has 1 aromatic rings. The molecule has 0 aliphatic heterocycles. The molecule has 0 aliphatic carbocycles. The van der Waals surface area contributed by atoms with Gasteiger partial charge in [0.05, 0.1) is 12.1 Å². The summed E-state index contributed by atoms with van der Waals surface area (Å²) in [5, 5.41) is 2.94. The first-order valence-electron chi connectivity index (χ1n) is 5.93. The molecule has 1 amide bonds. The first-order valence-corrected chi connectivity index (χ1v) is 5.93. The van der Waals surface area contributed by atoms with Gasteiger partial charge in [0.15, 0.2) is 0 Å². The Hall–Kier alpha value is -1.06. The molecule has 0 bridgehead atoms. The lowest BCUT2D eigenvalue weighted by Gasteiger charge is -2.27. The molecule has 0 aliphatic rings. The van der Waals surface area contributed by atoms with Crippen molar-refractivity contribution in [1.82, 2.24) is 5.32 Å². The summed E-state index contributed by atoms with van der Waals surface area (Å²) in [6.45, 7) is 7.85. The minimum absolute atomic E-state index is 0. The quantitative estimate of drug-likeness (QED) is 0.887. The van der Waals surface area contributed by atoms with Gasteiger partial charge in [0, 0.05) is 0 Å². The van der Waals surface area contributed by atoms with Crippen LogP contribution in [0, 0.1) is 5.41 Å². The van der Waals surface area contributed by atoms with Crippen LogP contribution < -0.4 is 11.1 Å². The number of carbonyl (C=O) groups is 1. The minimum Gasteiger partial charge on any atom is -0.348 e. The van der Waals surface area contributed by atoms with Crippen LogP contribution in [0.4, 0.5) is 0 Å². The number of benzene rings is 1. The Morgan fingerprint density at radius 1 is 1.22 bits per heavy atom. The Labute approximate surface area is 116 Å². The molecular formula is C14H23ClN2O. The Morgan fingerprint density at radius 2 is 1.72 bits per heavy atom. The highest BCUT2D eigenvalue weighted by molar-refractivity contribution is 5.85. The summed E-state index contributed by atoms with van der Waals surface area (Å²) < 4.78 is 0. The van der Waals surface area contributed by atoms with E-state index in [4.69, 9.17) is 5.73 Å². The van der Waals surface area contributed by atoms with Gasteiger partial charge < -0.3 is 11.1 Å². The van der Waals surface area contributed by atoms with Gasteiger partial charge >= 0.3 is 0 Å². The van der Waals surface area contributed by atoms with Crippen LogP contribution >= 0.6 is 12.4 Å². The predicted molar refractivity (Wildman–Crippen MR) is 77.7 cm³/mol. The highest BCUT2D eigenvalue weighted by Crippen LogP contribution is 2.19. The fourth-order valence-corrected chi connectivity index (χ4v) is 1.52. The minimum atomic E-state index is -0.492. The third kappa shape index (κ3) is 4.67. The average molecular weight is 271 g/mol. The van der Waals surface area contributed by atoms with E-state index in [2.05, 4.69) is 5.32 Å². The predicted octanol–water partition coefficient (Wildman–Crippen LogP) is 2.66. The first kappa shape index (κ1) is 16.9. The van der Waals surface area contributed by atoms with E-state index < -0.39 is 6.04 Å². The van der Waals surface area contributed by atoms with Gasteiger partial charge in [-0.1, -0.05) is 51.1 Å². The van der Waals surface area contributed by atoms with E-state index in [1.54, 1.807) is 0 Å². The smallest absolute Gasteiger partial charge is 0.237 e. The molecule has 0 saturated heterocycles. The maximum atomic E-state index is 11.9. The van der Waals surface area contributed by atoms with Crippen molar-refractivity contribution in [3.8, 4) is 0 Å². The molecule has 3 N–H and O–H groups in total. The number of nitrogens with two attached hydrogens (primary N) is 1. The van der Waals surface area contributed by atoms with Crippen LogP contribution in [-0.4, -0.2) is 11.9 Å². The second kappa shape index (κ2) is 6.76. The highest BCUT2D eigenvalue weighted by atomic mass is 35.5. The molecule has 102 valence electrons. The summed E-state index contributed by atoms with van der Waals surface area (Å²) in [5.41, 5.74) is 6.77. The molecule has 0 spiro atoms. The molecule has 0 aromatic heterocycles. The SMILES string of the molecule is CC(NC(=O)[C@@H](N)C(C)(C)C)c1ccccc1.Cl. The van der Waals surface area contributed by atoms with Crippen molar-refractivity contribution in [1.29, 1.82) is 0 Å². The molecule has 0 fully saturated rings.